The van der Waals surface area contributed by atoms with Crippen LogP contribution in [0.1, 0.15) is 205 Å². The summed E-state index contributed by atoms with van der Waals surface area (Å²) in [5.74, 6) is -0.572. The predicted octanol–water partition coefficient (Wildman–Crippen LogP) is 17.9. The van der Waals surface area contributed by atoms with Crippen LogP contribution in [0.15, 0.2) is 139 Å². The first-order valence-corrected chi connectivity index (χ1v) is 24.1. The summed E-state index contributed by atoms with van der Waals surface area (Å²) in [6, 6.07) is 0. The van der Waals surface area contributed by atoms with Gasteiger partial charge in [-0.15, -0.1) is 0 Å². The maximum absolute atomic E-state index is 12.9. The second-order valence-corrected chi connectivity index (χ2v) is 18.6. The van der Waals surface area contributed by atoms with Crippen LogP contribution >= 0.6 is 0 Å². The van der Waals surface area contributed by atoms with Gasteiger partial charge in [0.15, 0.2) is 0 Å². The van der Waals surface area contributed by atoms with Crippen LogP contribution in [0.2, 0.25) is 0 Å². The lowest BCUT2D eigenvalue weighted by molar-refractivity contribution is -0.121. The first-order valence-electron chi connectivity index (χ1n) is 24.1. The number of carbonyl (C=O) groups is 2. The molecular weight excluding hydrogens is 773 g/mol. The van der Waals surface area contributed by atoms with Gasteiger partial charge >= 0.3 is 0 Å². The monoisotopic (exact) mass is 863 g/mol. The van der Waals surface area contributed by atoms with Gasteiger partial charge in [-0.2, -0.15) is 0 Å². The zero-order valence-corrected chi connectivity index (χ0v) is 42.8. The van der Waals surface area contributed by atoms with Gasteiger partial charge in [0.05, 0.1) is 14.2 Å². The van der Waals surface area contributed by atoms with E-state index in [2.05, 4.69) is 137 Å². The molecule has 0 unspecified atom stereocenters. The standard InChI is InChI=1S/C59H90O4/c1-44(2)24-15-25-45(3)26-16-27-46(4)28-17-29-47(5)30-18-31-48(6)32-19-33-49(7)34-20-35-50(8)36-21-37-51(9)38-22-39-52(10)40-23-41-53(11)42-43-55-54(12)56(60)58(62-13)59(63-14)57(55)61/h24,26,28,30,32,34,36,38,40,42H,15-23,25,27,29,31,33,35,37,39,41,43H2,1-14H3/b45-26-,46-28-,47-30-,48-32+,49-34+,50-36+,51-38-,52-40-,53-42-. The normalized spacial score (nSPS) is 15.9. The van der Waals surface area contributed by atoms with Crippen LogP contribution in [0.5, 0.6) is 0 Å². The van der Waals surface area contributed by atoms with Crippen molar-refractivity contribution < 1.29 is 19.1 Å². The van der Waals surface area contributed by atoms with Crippen molar-refractivity contribution in [1.29, 1.82) is 0 Å². The van der Waals surface area contributed by atoms with Gasteiger partial charge in [-0.1, -0.05) is 116 Å². The molecule has 1 aliphatic rings. The quantitative estimate of drug-likeness (QED) is 0.0515. The SMILES string of the molecule is COC1=C(OC)C(=O)C(C/C=C(/C)CC/C=C(/C)CC/C=C(/C)CC/C=C(\C)CC/C=C(\C)CC/C=C(\C)CC/C=C(/C)CC/C=C(/C)CC/C=C(/C)CCC=C(C)C)=C(C)C1=O. The van der Waals surface area contributed by atoms with Gasteiger partial charge in [0.25, 0.3) is 0 Å². The molecule has 0 radical (unpaired) electrons. The number of ether oxygens (including phenoxy) is 2. The van der Waals surface area contributed by atoms with E-state index in [1.807, 2.05) is 0 Å². The Morgan fingerprint density at radius 1 is 0.349 bits per heavy atom. The summed E-state index contributed by atoms with van der Waals surface area (Å²) < 4.78 is 10.3. The molecule has 63 heavy (non-hydrogen) atoms. The number of methoxy groups -OCH3 is 2. The molecule has 0 spiro atoms. The Balaban J connectivity index is 2.31. The van der Waals surface area contributed by atoms with Gasteiger partial charge in [-0.25, -0.2) is 0 Å². The Kier molecular flexibility index (Phi) is 30.1. The van der Waals surface area contributed by atoms with Crippen molar-refractivity contribution in [1.82, 2.24) is 0 Å². The minimum absolute atomic E-state index is 0.00667. The van der Waals surface area contributed by atoms with Gasteiger partial charge < -0.3 is 9.47 Å². The van der Waals surface area contributed by atoms with Gasteiger partial charge in [0.1, 0.15) is 0 Å². The number of rotatable bonds is 31. The van der Waals surface area contributed by atoms with Crippen LogP contribution in [-0.2, 0) is 19.1 Å². The summed E-state index contributed by atoms with van der Waals surface area (Å²) in [5.41, 5.74) is 15.5. The summed E-state index contributed by atoms with van der Waals surface area (Å²) >= 11 is 0. The topological polar surface area (TPSA) is 52.6 Å². The maximum Gasteiger partial charge on any atom is 0.228 e. The van der Waals surface area contributed by atoms with Crippen molar-refractivity contribution in [2.75, 3.05) is 14.2 Å². The molecule has 4 heteroatoms. The van der Waals surface area contributed by atoms with E-state index in [0.29, 0.717) is 17.6 Å². The second kappa shape index (κ2) is 33.3. The number of Topliss-reactive ketones (excluding diaryl/α,β-unsaturated/α-hetero) is 2. The highest BCUT2D eigenvalue weighted by Gasteiger charge is 2.34. The summed E-state index contributed by atoms with van der Waals surface area (Å²) in [5, 5.41) is 0. The van der Waals surface area contributed by atoms with Gasteiger partial charge in [0.2, 0.25) is 23.1 Å². The molecule has 0 aromatic rings. The van der Waals surface area contributed by atoms with Crippen molar-refractivity contribution >= 4 is 11.6 Å². The second-order valence-electron chi connectivity index (χ2n) is 18.6. The van der Waals surface area contributed by atoms with E-state index in [-0.39, 0.29) is 23.1 Å². The average molecular weight is 863 g/mol. The first-order chi connectivity index (χ1) is 30.0. The number of carbonyl (C=O) groups excluding carboxylic acids is 2. The van der Waals surface area contributed by atoms with Gasteiger partial charge in [0, 0.05) is 11.1 Å². The molecule has 1 rings (SSSR count). The molecular formula is C59H90O4. The summed E-state index contributed by atoms with van der Waals surface area (Å²) in [4.78, 5) is 25.5. The number of hydrogen-bond donors (Lipinski definition) is 0. The van der Waals surface area contributed by atoms with E-state index < -0.39 is 0 Å². The fourth-order valence-electron chi connectivity index (χ4n) is 7.59. The highest BCUT2D eigenvalue weighted by Crippen LogP contribution is 2.28. The lowest BCUT2D eigenvalue weighted by atomic mass is 9.90. The largest absolute Gasteiger partial charge is 0.489 e. The van der Waals surface area contributed by atoms with Crippen LogP contribution in [0.4, 0.5) is 0 Å². The highest BCUT2D eigenvalue weighted by atomic mass is 16.5. The third kappa shape index (κ3) is 26.3. The molecule has 0 saturated carbocycles. The van der Waals surface area contributed by atoms with Crippen molar-refractivity contribution in [3.63, 3.8) is 0 Å². The summed E-state index contributed by atoms with van der Waals surface area (Å²) in [6.07, 6.45) is 44.3. The fraction of sp³-hybridized carbons (Fsp3) is 0.559. The highest BCUT2D eigenvalue weighted by molar-refractivity contribution is 6.23. The zero-order chi connectivity index (χ0) is 47.2. The van der Waals surface area contributed by atoms with Crippen LogP contribution < -0.4 is 0 Å². The Morgan fingerprint density at radius 3 is 0.810 bits per heavy atom. The predicted molar refractivity (Wildman–Crippen MR) is 275 cm³/mol. The van der Waals surface area contributed by atoms with Crippen LogP contribution in [-0.4, -0.2) is 25.8 Å². The smallest absolute Gasteiger partial charge is 0.228 e. The molecule has 0 heterocycles. The molecule has 1 aliphatic carbocycles. The molecule has 0 fully saturated rings. The number of ketones is 2. The molecule has 0 atom stereocenters. The van der Waals surface area contributed by atoms with Crippen LogP contribution in [0, 0.1) is 0 Å². The third-order valence-electron chi connectivity index (χ3n) is 12.1. The lowest BCUT2D eigenvalue weighted by Crippen LogP contribution is -2.24. The Morgan fingerprint density at radius 2 is 0.571 bits per heavy atom. The molecule has 0 aromatic carbocycles. The van der Waals surface area contributed by atoms with Crippen molar-refractivity contribution in [2.24, 2.45) is 0 Å². The van der Waals surface area contributed by atoms with Crippen molar-refractivity contribution in [3.05, 3.63) is 139 Å². The van der Waals surface area contributed by atoms with E-state index >= 15 is 0 Å². The minimum atomic E-state index is -0.284. The van der Waals surface area contributed by atoms with Gasteiger partial charge in [-0.3, -0.25) is 9.59 Å². The van der Waals surface area contributed by atoms with E-state index in [1.165, 1.54) is 89.2 Å². The summed E-state index contributed by atoms with van der Waals surface area (Å²) in [7, 11) is 2.78. The number of allylic oxidation sites excluding steroid dienone is 22. The summed E-state index contributed by atoms with van der Waals surface area (Å²) in [6.45, 7) is 26.3. The van der Waals surface area contributed by atoms with Crippen LogP contribution in [0.25, 0.3) is 0 Å². The molecule has 0 bridgehead atoms. The third-order valence-corrected chi connectivity index (χ3v) is 12.1. The molecule has 0 N–H and O–H groups in total. The molecule has 4 nitrogen and oxygen atoms in total. The average Bonchev–Trinajstić information content (AvgIpc) is 3.21. The molecule has 0 aromatic heterocycles. The molecule has 0 saturated heterocycles. The van der Waals surface area contributed by atoms with Gasteiger partial charge in [-0.05, 0) is 205 Å². The Labute approximate surface area is 387 Å². The van der Waals surface area contributed by atoms with Crippen molar-refractivity contribution in [2.45, 2.75) is 205 Å². The zero-order valence-electron chi connectivity index (χ0n) is 42.8. The fourth-order valence-corrected chi connectivity index (χ4v) is 7.59. The molecule has 0 aliphatic heterocycles. The maximum atomic E-state index is 12.9. The van der Waals surface area contributed by atoms with Crippen molar-refractivity contribution in [3.8, 4) is 0 Å². The number of hydrogen-bond acceptors (Lipinski definition) is 4. The molecule has 0 amide bonds. The van der Waals surface area contributed by atoms with E-state index in [1.54, 1.807) is 6.92 Å². The molecule has 350 valence electrons. The van der Waals surface area contributed by atoms with E-state index in [9.17, 15) is 9.59 Å². The minimum Gasteiger partial charge on any atom is -0.489 e. The first kappa shape index (κ1) is 56.8. The van der Waals surface area contributed by atoms with E-state index in [0.717, 1.165) is 96.3 Å². The Hall–Kier alpha value is -4.18. The Bertz CT molecular complexity index is 1840. The van der Waals surface area contributed by atoms with Crippen LogP contribution in [0.3, 0.4) is 0 Å². The lowest BCUT2D eigenvalue weighted by Gasteiger charge is -2.19. The van der Waals surface area contributed by atoms with E-state index in [4.69, 9.17) is 9.47 Å².